The van der Waals surface area contributed by atoms with Gasteiger partial charge in [-0.2, -0.15) is 5.10 Å². The fourth-order valence-corrected chi connectivity index (χ4v) is 3.77. The van der Waals surface area contributed by atoms with Gasteiger partial charge < -0.3 is 10.6 Å². The highest BCUT2D eigenvalue weighted by atomic mass is 16.2. The lowest BCUT2D eigenvalue weighted by Gasteiger charge is -2.22. The molecule has 0 bridgehead atoms. The van der Waals surface area contributed by atoms with E-state index in [0.717, 1.165) is 17.4 Å². The summed E-state index contributed by atoms with van der Waals surface area (Å²) in [5.41, 5.74) is 0.923. The Labute approximate surface area is 126 Å². The zero-order valence-corrected chi connectivity index (χ0v) is 13.0. The molecule has 0 radical (unpaired) electrons. The SMILES string of the molecule is CNC(C(=O)NC1CC1C1CCCCC1)c1cnn(C)c1. The van der Waals surface area contributed by atoms with Gasteiger partial charge >= 0.3 is 0 Å². The van der Waals surface area contributed by atoms with E-state index < -0.39 is 0 Å². The molecule has 0 aromatic carbocycles. The quantitative estimate of drug-likeness (QED) is 0.869. The van der Waals surface area contributed by atoms with E-state index in [-0.39, 0.29) is 11.9 Å². The molecule has 0 saturated heterocycles. The Morgan fingerprint density at radius 1 is 1.38 bits per heavy atom. The van der Waals surface area contributed by atoms with Crippen LogP contribution >= 0.6 is 0 Å². The molecule has 1 aromatic rings. The average Bonchev–Trinajstić information content (AvgIpc) is 3.13. The number of hydrogen-bond donors (Lipinski definition) is 2. The Kier molecular flexibility index (Phi) is 4.29. The van der Waals surface area contributed by atoms with Gasteiger partial charge in [0.15, 0.2) is 0 Å². The van der Waals surface area contributed by atoms with E-state index in [4.69, 9.17) is 0 Å². The van der Waals surface area contributed by atoms with Crippen LogP contribution in [0.3, 0.4) is 0 Å². The van der Waals surface area contributed by atoms with Crippen LogP contribution in [0.4, 0.5) is 0 Å². The first-order valence-corrected chi connectivity index (χ1v) is 8.15. The Bertz CT molecular complexity index is 492. The summed E-state index contributed by atoms with van der Waals surface area (Å²) in [5.74, 6) is 1.64. The van der Waals surface area contributed by atoms with Crippen molar-refractivity contribution in [2.45, 2.75) is 50.6 Å². The molecule has 2 N–H and O–H groups in total. The normalized spacial score (nSPS) is 27.3. The third-order valence-electron chi connectivity index (χ3n) is 5.03. The molecule has 3 rings (SSSR count). The van der Waals surface area contributed by atoms with Crippen molar-refractivity contribution < 1.29 is 4.79 Å². The number of carbonyl (C=O) groups is 1. The molecule has 1 aromatic heterocycles. The van der Waals surface area contributed by atoms with Gasteiger partial charge in [0.1, 0.15) is 6.04 Å². The Morgan fingerprint density at radius 3 is 2.76 bits per heavy atom. The first kappa shape index (κ1) is 14.6. The molecule has 21 heavy (non-hydrogen) atoms. The number of likely N-dealkylation sites (N-methyl/N-ethyl adjacent to an activating group) is 1. The molecule has 2 aliphatic carbocycles. The van der Waals surface area contributed by atoms with Crippen molar-refractivity contribution >= 4 is 5.91 Å². The minimum atomic E-state index is -0.300. The third-order valence-corrected chi connectivity index (χ3v) is 5.03. The van der Waals surface area contributed by atoms with Crippen molar-refractivity contribution in [2.75, 3.05) is 7.05 Å². The molecule has 5 heteroatoms. The lowest BCUT2D eigenvalue weighted by molar-refractivity contribution is -0.123. The Balaban J connectivity index is 1.54. The molecule has 2 saturated carbocycles. The first-order chi connectivity index (χ1) is 10.2. The number of nitrogens with one attached hydrogen (secondary N) is 2. The second-order valence-corrected chi connectivity index (χ2v) is 6.58. The maximum absolute atomic E-state index is 12.5. The van der Waals surface area contributed by atoms with E-state index in [1.54, 1.807) is 10.9 Å². The summed E-state index contributed by atoms with van der Waals surface area (Å²) in [7, 11) is 3.69. The molecule has 0 aliphatic heterocycles. The zero-order chi connectivity index (χ0) is 14.8. The van der Waals surface area contributed by atoms with Crippen molar-refractivity contribution in [1.29, 1.82) is 0 Å². The van der Waals surface area contributed by atoms with Crippen LogP contribution < -0.4 is 10.6 Å². The van der Waals surface area contributed by atoms with Gasteiger partial charge in [-0.05, 0) is 25.3 Å². The average molecular weight is 290 g/mol. The third kappa shape index (κ3) is 3.28. The van der Waals surface area contributed by atoms with E-state index in [1.165, 1.54) is 38.5 Å². The van der Waals surface area contributed by atoms with Crippen LogP contribution in [0.5, 0.6) is 0 Å². The van der Waals surface area contributed by atoms with Gasteiger partial charge in [0.2, 0.25) is 5.91 Å². The van der Waals surface area contributed by atoms with Gasteiger partial charge in [0.25, 0.3) is 0 Å². The minimum Gasteiger partial charge on any atom is -0.351 e. The molecule has 3 unspecified atom stereocenters. The summed E-state index contributed by atoms with van der Waals surface area (Å²) in [6.45, 7) is 0. The van der Waals surface area contributed by atoms with Crippen LogP contribution in [0, 0.1) is 11.8 Å². The van der Waals surface area contributed by atoms with Gasteiger partial charge in [-0.1, -0.05) is 32.1 Å². The van der Waals surface area contributed by atoms with E-state index in [1.807, 2.05) is 20.3 Å². The molecule has 5 nitrogen and oxygen atoms in total. The van der Waals surface area contributed by atoms with Crippen LogP contribution in [-0.2, 0) is 11.8 Å². The highest BCUT2D eigenvalue weighted by molar-refractivity contribution is 5.83. The van der Waals surface area contributed by atoms with Crippen LogP contribution in [0.2, 0.25) is 0 Å². The van der Waals surface area contributed by atoms with Gasteiger partial charge in [-0.3, -0.25) is 9.48 Å². The summed E-state index contributed by atoms with van der Waals surface area (Å²) < 4.78 is 1.73. The minimum absolute atomic E-state index is 0.0776. The molecule has 1 amide bonds. The molecule has 3 atom stereocenters. The summed E-state index contributed by atoms with van der Waals surface area (Å²) in [4.78, 5) is 12.5. The standard InChI is InChI=1S/C16H26N4O/c1-17-15(12-9-18-20(2)10-12)16(21)19-14-8-13(14)11-6-4-3-5-7-11/h9-11,13-15,17H,3-8H2,1-2H3,(H,19,21). The monoisotopic (exact) mass is 290 g/mol. The summed E-state index contributed by atoms with van der Waals surface area (Å²) in [6.07, 6.45) is 11.7. The van der Waals surface area contributed by atoms with E-state index in [9.17, 15) is 4.79 Å². The number of hydrogen-bond acceptors (Lipinski definition) is 3. The Morgan fingerprint density at radius 2 is 2.14 bits per heavy atom. The largest absolute Gasteiger partial charge is 0.351 e. The zero-order valence-electron chi connectivity index (χ0n) is 13.0. The van der Waals surface area contributed by atoms with Gasteiger partial charge in [-0.15, -0.1) is 0 Å². The van der Waals surface area contributed by atoms with E-state index >= 15 is 0 Å². The fourth-order valence-electron chi connectivity index (χ4n) is 3.77. The van der Waals surface area contributed by atoms with Crippen molar-refractivity contribution in [2.24, 2.45) is 18.9 Å². The highest BCUT2D eigenvalue weighted by Crippen LogP contribution is 2.44. The molecule has 116 valence electrons. The summed E-state index contributed by atoms with van der Waals surface area (Å²) in [5, 5.41) is 10.5. The van der Waals surface area contributed by atoms with Crippen LogP contribution in [-0.4, -0.2) is 28.8 Å². The summed E-state index contributed by atoms with van der Waals surface area (Å²) in [6, 6.07) is 0.0967. The lowest BCUT2D eigenvalue weighted by Crippen LogP contribution is -2.38. The number of nitrogens with zero attached hydrogens (tertiary/aromatic N) is 2. The highest BCUT2D eigenvalue weighted by Gasteiger charge is 2.44. The predicted molar refractivity (Wildman–Crippen MR) is 81.6 cm³/mol. The molecular formula is C16H26N4O. The number of amides is 1. The lowest BCUT2D eigenvalue weighted by atomic mass is 9.85. The molecule has 0 spiro atoms. The predicted octanol–water partition coefficient (Wildman–Crippen LogP) is 1.77. The first-order valence-electron chi connectivity index (χ1n) is 8.15. The maximum Gasteiger partial charge on any atom is 0.242 e. The molecule has 2 fully saturated rings. The molecule has 2 aliphatic rings. The van der Waals surface area contributed by atoms with Crippen LogP contribution in [0.15, 0.2) is 12.4 Å². The number of rotatable bonds is 5. The Hall–Kier alpha value is -1.36. The van der Waals surface area contributed by atoms with Crippen molar-refractivity contribution in [1.82, 2.24) is 20.4 Å². The van der Waals surface area contributed by atoms with Crippen LogP contribution in [0.1, 0.15) is 50.1 Å². The summed E-state index contributed by atoms with van der Waals surface area (Å²) >= 11 is 0. The van der Waals surface area contributed by atoms with E-state index in [0.29, 0.717) is 6.04 Å². The van der Waals surface area contributed by atoms with E-state index in [2.05, 4.69) is 15.7 Å². The van der Waals surface area contributed by atoms with Crippen molar-refractivity contribution in [3.05, 3.63) is 18.0 Å². The number of carbonyl (C=O) groups excluding carboxylic acids is 1. The van der Waals surface area contributed by atoms with Gasteiger partial charge in [-0.25, -0.2) is 0 Å². The second-order valence-electron chi connectivity index (χ2n) is 6.58. The smallest absolute Gasteiger partial charge is 0.242 e. The molecular weight excluding hydrogens is 264 g/mol. The number of aryl methyl sites for hydroxylation is 1. The number of aromatic nitrogens is 2. The van der Waals surface area contributed by atoms with Gasteiger partial charge in [0.05, 0.1) is 6.20 Å². The van der Waals surface area contributed by atoms with Gasteiger partial charge in [0, 0.05) is 24.8 Å². The fraction of sp³-hybridized carbons (Fsp3) is 0.750. The molecule has 1 heterocycles. The maximum atomic E-state index is 12.5. The second kappa shape index (κ2) is 6.18. The topological polar surface area (TPSA) is 59.0 Å². The van der Waals surface area contributed by atoms with Crippen LogP contribution in [0.25, 0.3) is 0 Å². The van der Waals surface area contributed by atoms with Crippen molar-refractivity contribution in [3.8, 4) is 0 Å². The van der Waals surface area contributed by atoms with Crippen molar-refractivity contribution in [3.63, 3.8) is 0 Å².